The van der Waals surface area contributed by atoms with Crippen LogP contribution in [0.3, 0.4) is 0 Å². The Morgan fingerprint density at radius 1 is 0.824 bits per heavy atom. The zero-order valence-electron chi connectivity index (χ0n) is 19.0. The van der Waals surface area contributed by atoms with Crippen LogP contribution in [0.25, 0.3) is 22.0 Å². The SMILES string of the molecule is O=C(O)c1cn(CCN2CCN(Cc3ccccc3-c3ccc(Cl)cc3)CC2)c2ccccc12. The molecular weight excluding hydrogens is 446 g/mol. The molecule has 1 aliphatic rings. The Balaban J connectivity index is 1.20. The van der Waals surface area contributed by atoms with E-state index in [9.17, 15) is 9.90 Å². The summed E-state index contributed by atoms with van der Waals surface area (Å²) in [4.78, 5) is 16.6. The maximum absolute atomic E-state index is 11.6. The molecule has 4 aromatic rings. The molecule has 0 bridgehead atoms. The van der Waals surface area contributed by atoms with Crippen molar-refractivity contribution < 1.29 is 9.90 Å². The van der Waals surface area contributed by atoms with E-state index in [1.807, 2.05) is 36.4 Å². The first-order valence-electron chi connectivity index (χ1n) is 11.7. The van der Waals surface area contributed by atoms with Crippen LogP contribution in [0.5, 0.6) is 0 Å². The monoisotopic (exact) mass is 473 g/mol. The second-order valence-electron chi connectivity index (χ2n) is 8.84. The van der Waals surface area contributed by atoms with Gasteiger partial charge in [-0.1, -0.05) is 66.2 Å². The average Bonchev–Trinajstić information content (AvgIpc) is 3.24. The van der Waals surface area contributed by atoms with Gasteiger partial charge in [0.25, 0.3) is 0 Å². The van der Waals surface area contributed by atoms with Crippen molar-refractivity contribution in [3.05, 3.63) is 95.1 Å². The largest absolute Gasteiger partial charge is 0.478 e. The fourth-order valence-corrected chi connectivity index (χ4v) is 4.96. The van der Waals surface area contributed by atoms with E-state index in [0.717, 1.165) is 61.7 Å². The van der Waals surface area contributed by atoms with Gasteiger partial charge in [-0.2, -0.15) is 0 Å². The number of carbonyl (C=O) groups is 1. The predicted molar refractivity (Wildman–Crippen MR) is 138 cm³/mol. The van der Waals surface area contributed by atoms with E-state index in [4.69, 9.17) is 11.6 Å². The van der Waals surface area contributed by atoms with Crippen LogP contribution in [-0.2, 0) is 13.1 Å². The molecule has 3 aromatic carbocycles. The highest BCUT2D eigenvalue weighted by Crippen LogP contribution is 2.27. The predicted octanol–water partition coefficient (Wildman–Crippen LogP) is 5.48. The first-order valence-corrected chi connectivity index (χ1v) is 12.1. The standard InChI is InChI=1S/C28H28ClN3O2/c29-23-11-9-21(10-12-23)24-6-2-1-5-22(24)19-31-15-13-30(14-16-31)17-18-32-20-26(28(33)34)25-7-3-4-8-27(25)32/h1-12,20H,13-19H2,(H,33,34). The van der Waals surface area contributed by atoms with Crippen LogP contribution in [0, 0.1) is 0 Å². The average molecular weight is 474 g/mol. The number of rotatable bonds is 7. The lowest BCUT2D eigenvalue weighted by Gasteiger charge is -2.35. The zero-order chi connectivity index (χ0) is 23.5. The first-order chi connectivity index (χ1) is 16.6. The molecule has 5 rings (SSSR count). The molecule has 1 aliphatic heterocycles. The summed E-state index contributed by atoms with van der Waals surface area (Å²) in [5.41, 5.74) is 5.14. The van der Waals surface area contributed by atoms with Gasteiger partial charge in [0.1, 0.15) is 0 Å². The molecule has 0 spiro atoms. The summed E-state index contributed by atoms with van der Waals surface area (Å²) in [6.45, 7) is 6.67. The lowest BCUT2D eigenvalue weighted by Crippen LogP contribution is -2.46. The zero-order valence-corrected chi connectivity index (χ0v) is 19.8. The quantitative estimate of drug-likeness (QED) is 0.386. The fraction of sp³-hybridized carbons (Fsp3) is 0.250. The Hall–Kier alpha value is -3.12. The number of para-hydroxylation sites is 1. The molecule has 0 saturated carbocycles. The van der Waals surface area contributed by atoms with Gasteiger partial charge < -0.3 is 9.67 Å². The molecule has 1 saturated heterocycles. The van der Waals surface area contributed by atoms with E-state index < -0.39 is 5.97 Å². The minimum atomic E-state index is -0.873. The van der Waals surface area contributed by atoms with Crippen molar-refractivity contribution >= 4 is 28.5 Å². The van der Waals surface area contributed by atoms with Crippen molar-refractivity contribution in [1.82, 2.24) is 14.4 Å². The summed E-state index contributed by atoms with van der Waals surface area (Å²) in [6.07, 6.45) is 1.77. The number of carboxylic acids is 1. The number of halogens is 1. The molecule has 0 amide bonds. The highest BCUT2D eigenvalue weighted by Gasteiger charge is 2.19. The topological polar surface area (TPSA) is 48.7 Å². The highest BCUT2D eigenvalue weighted by molar-refractivity contribution is 6.30. The molecule has 2 heterocycles. The Morgan fingerprint density at radius 2 is 1.50 bits per heavy atom. The minimum Gasteiger partial charge on any atom is -0.478 e. The molecule has 1 N–H and O–H groups in total. The summed E-state index contributed by atoms with van der Waals surface area (Å²) in [5, 5.41) is 11.1. The molecule has 174 valence electrons. The van der Waals surface area contributed by atoms with Gasteiger partial charge in [0.15, 0.2) is 0 Å². The van der Waals surface area contributed by atoms with Crippen LogP contribution in [0.1, 0.15) is 15.9 Å². The molecule has 6 heteroatoms. The van der Waals surface area contributed by atoms with Gasteiger partial charge in [-0.05, 0) is 34.9 Å². The number of carboxylic acid groups (broad SMARTS) is 1. The first kappa shape index (κ1) is 22.7. The summed E-state index contributed by atoms with van der Waals surface area (Å²) >= 11 is 6.08. The van der Waals surface area contributed by atoms with E-state index in [0.29, 0.717) is 5.56 Å². The van der Waals surface area contributed by atoms with E-state index in [2.05, 4.69) is 50.8 Å². The van der Waals surface area contributed by atoms with Crippen LogP contribution in [0.2, 0.25) is 5.02 Å². The number of aromatic carboxylic acids is 1. The summed E-state index contributed by atoms with van der Waals surface area (Å²) < 4.78 is 2.08. The number of fused-ring (bicyclic) bond motifs is 1. The second-order valence-corrected chi connectivity index (χ2v) is 9.28. The number of aromatic nitrogens is 1. The van der Waals surface area contributed by atoms with Crippen molar-refractivity contribution in [2.45, 2.75) is 13.1 Å². The third kappa shape index (κ3) is 4.87. The molecule has 1 fully saturated rings. The van der Waals surface area contributed by atoms with Crippen molar-refractivity contribution in [2.24, 2.45) is 0 Å². The molecule has 0 atom stereocenters. The van der Waals surface area contributed by atoms with Gasteiger partial charge >= 0.3 is 5.97 Å². The van der Waals surface area contributed by atoms with Crippen LogP contribution in [-0.4, -0.2) is 58.2 Å². The lowest BCUT2D eigenvalue weighted by molar-refractivity contribution is 0.0698. The fourth-order valence-electron chi connectivity index (χ4n) is 4.83. The molecule has 0 aliphatic carbocycles. The number of hydrogen-bond donors (Lipinski definition) is 1. The van der Waals surface area contributed by atoms with Crippen LogP contribution in [0.4, 0.5) is 0 Å². The van der Waals surface area contributed by atoms with Crippen LogP contribution >= 0.6 is 11.6 Å². The van der Waals surface area contributed by atoms with E-state index >= 15 is 0 Å². The summed E-state index contributed by atoms with van der Waals surface area (Å²) in [5.74, 6) is -0.873. The maximum atomic E-state index is 11.6. The van der Waals surface area contributed by atoms with E-state index in [1.165, 1.54) is 16.7 Å². The third-order valence-corrected chi connectivity index (χ3v) is 6.96. The summed E-state index contributed by atoms with van der Waals surface area (Å²) in [6, 6.07) is 24.4. The van der Waals surface area contributed by atoms with Gasteiger partial charge in [0.05, 0.1) is 5.56 Å². The van der Waals surface area contributed by atoms with Crippen molar-refractivity contribution in [3.8, 4) is 11.1 Å². The molecule has 0 radical (unpaired) electrons. The van der Waals surface area contributed by atoms with E-state index in [1.54, 1.807) is 6.20 Å². The number of hydrogen-bond acceptors (Lipinski definition) is 3. The normalized spacial score (nSPS) is 15.1. The van der Waals surface area contributed by atoms with Crippen molar-refractivity contribution in [2.75, 3.05) is 32.7 Å². The maximum Gasteiger partial charge on any atom is 0.337 e. The van der Waals surface area contributed by atoms with Gasteiger partial charge in [-0.15, -0.1) is 0 Å². The Labute approximate surface area is 204 Å². The summed E-state index contributed by atoms with van der Waals surface area (Å²) in [7, 11) is 0. The highest BCUT2D eigenvalue weighted by atomic mass is 35.5. The Kier molecular flexibility index (Phi) is 6.68. The lowest BCUT2D eigenvalue weighted by atomic mass is 9.99. The smallest absolute Gasteiger partial charge is 0.337 e. The molecular formula is C28H28ClN3O2. The molecule has 1 aromatic heterocycles. The van der Waals surface area contributed by atoms with Crippen molar-refractivity contribution in [1.29, 1.82) is 0 Å². The van der Waals surface area contributed by atoms with Gasteiger partial charge in [0, 0.05) is 67.9 Å². The van der Waals surface area contributed by atoms with Gasteiger partial charge in [-0.25, -0.2) is 4.79 Å². The Bertz CT molecular complexity index is 1290. The number of benzene rings is 3. The molecule has 34 heavy (non-hydrogen) atoms. The van der Waals surface area contributed by atoms with Gasteiger partial charge in [-0.3, -0.25) is 9.80 Å². The minimum absolute atomic E-state index is 0.375. The Morgan fingerprint density at radius 3 is 2.26 bits per heavy atom. The number of piperazine rings is 1. The molecule has 0 unspecified atom stereocenters. The van der Waals surface area contributed by atoms with Crippen molar-refractivity contribution in [3.63, 3.8) is 0 Å². The third-order valence-electron chi connectivity index (χ3n) is 6.71. The molecule has 5 nitrogen and oxygen atoms in total. The van der Waals surface area contributed by atoms with E-state index in [-0.39, 0.29) is 0 Å². The van der Waals surface area contributed by atoms with Crippen LogP contribution in [0.15, 0.2) is 79.0 Å². The van der Waals surface area contributed by atoms with Gasteiger partial charge in [0.2, 0.25) is 0 Å². The second kappa shape index (κ2) is 10.0. The number of nitrogens with zero attached hydrogens (tertiary/aromatic N) is 3. The van der Waals surface area contributed by atoms with Crippen LogP contribution < -0.4 is 0 Å².